The Morgan fingerprint density at radius 2 is 1.39 bits per heavy atom. The highest BCUT2D eigenvalue weighted by Gasteiger charge is 2.12. The molecule has 0 aliphatic heterocycles. The Morgan fingerprint density at radius 3 is 1.89 bits per heavy atom. The molecule has 3 nitrogen and oxygen atoms in total. The lowest BCUT2D eigenvalue weighted by molar-refractivity contribution is 0.452. The van der Waals surface area contributed by atoms with Crippen LogP contribution in [0.2, 0.25) is 0 Å². The topological polar surface area (TPSA) is 57.2 Å². The molecular formula is C14H13O3S-. The third-order valence-electron chi connectivity index (χ3n) is 2.92. The lowest BCUT2D eigenvalue weighted by atomic mass is 10.0. The van der Waals surface area contributed by atoms with E-state index < -0.39 is 15.4 Å². The Labute approximate surface area is 107 Å². The van der Waals surface area contributed by atoms with Gasteiger partial charge in [0.05, 0.1) is 5.25 Å². The van der Waals surface area contributed by atoms with Crippen molar-refractivity contribution in [2.75, 3.05) is 0 Å². The van der Waals surface area contributed by atoms with Crippen LogP contribution in [0.15, 0.2) is 54.6 Å². The second-order valence-electron chi connectivity index (χ2n) is 4.12. The summed E-state index contributed by atoms with van der Waals surface area (Å²) in [7, 11) is -4.28. The molecule has 0 amide bonds. The SMILES string of the molecule is CC(c1ccc(-c2ccccc2)cc1)S(=O)(=O)[O-]. The molecule has 0 saturated heterocycles. The first-order valence-electron chi connectivity index (χ1n) is 5.58. The fourth-order valence-corrected chi connectivity index (χ4v) is 2.23. The monoisotopic (exact) mass is 261 g/mol. The molecule has 0 heterocycles. The zero-order valence-corrected chi connectivity index (χ0v) is 10.7. The molecule has 0 saturated carbocycles. The molecular weight excluding hydrogens is 248 g/mol. The summed E-state index contributed by atoms with van der Waals surface area (Å²) in [6, 6.07) is 16.8. The van der Waals surface area contributed by atoms with Gasteiger partial charge in [-0.1, -0.05) is 54.6 Å². The highest BCUT2D eigenvalue weighted by Crippen LogP contribution is 2.24. The maximum atomic E-state index is 10.9. The van der Waals surface area contributed by atoms with E-state index in [2.05, 4.69) is 0 Å². The zero-order valence-electron chi connectivity index (χ0n) is 9.91. The molecule has 0 spiro atoms. The van der Waals surface area contributed by atoms with Gasteiger partial charge in [0.2, 0.25) is 0 Å². The van der Waals surface area contributed by atoms with E-state index in [4.69, 9.17) is 0 Å². The summed E-state index contributed by atoms with van der Waals surface area (Å²) >= 11 is 0. The molecule has 2 aromatic rings. The Morgan fingerprint density at radius 1 is 0.889 bits per heavy atom. The molecule has 1 atom stereocenters. The molecule has 0 fully saturated rings. The molecule has 94 valence electrons. The van der Waals surface area contributed by atoms with Crippen molar-refractivity contribution in [1.29, 1.82) is 0 Å². The molecule has 0 radical (unpaired) electrons. The van der Waals surface area contributed by atoms with Crippen LogP contribution < -0.4 is 0 Å². The van der Waals surface area contributed by atoms with Crippen molar-refractivity contribution in [3.63, 3.8) is 0 Å². The number of hydrogen-bond donors (Lipinski definition) is 0. The van der Waals surface area contributed by atoms with Crippen LogP contribution in [-0.2, 0) is 10.1 Å². The van der Waals surface area contributed by atoms with Gasteiger partial charge in [-0.25, -0.2) is 8.42 Å². The average molecular weight is 261 g/mol. The minimum absolute atomic E-state index is 0.518. The largest absolute Gasteiger partial charge is 0.747 e. The fourth-order valence-electron chi connectivity index (χ4n) is 1.74. The Balaban J connectivity index is 2.32. The van der Waals surface area contributed by atoms with Gasteiger partial charge in [-0.3, -0.25) is 0 Å². The molecule has 0 aliphatic carbocycles. The second-order valence-corrected chi connectivity index (χ2v) is 5.82. The first-order chi connectivity index (χ1) is 8.48. The zero-order chi connectivity index (χ0) is 13.2. The minimum atomic E-state index is -4.28. The standard InChI is InChI=1S/C14H14O3S/c1-11(18(15,16)17)12-7-9-14(10-8-12)13-5-3-2-4-6-13/h2-11H,1H3,(H,15,16,17)/p-1. The van der Waals surface area contributed by atoms with Crippen LogP contribution >= 0.6 is 0 Å². The number of hydrogen-bond acceptors (Lipinski definition) is 3. The summed E-state index contributed by atoms with van der Waals surface area (Å²) in [6.45, 7) is 1.40. The van der Waals surface area contributed by atoms with Crippen molar-refractivity contribution in [2.24, 2.45) is 0 Å². The maximum absolute atomic E-state index is 10.9. The van der Waals surface area contributed by atoms with Crippen molar-refractivity contribution < 1.29 is 13.0 Å². The molecule has 0 bridgehead atoms. The van der Waals surface area contributed by atoms with E-state index in [-0.39, 0.29) is 0 Å². The third-order valence-corrected chi connectivity index (χ3v) is 4.06. The first kappa shape index (κ1) is 12.8. The fraction of sp³-hybridized carbons (Fsp3) is 0.143. The lowest BCUT2D eigenvalue weighted by Crippen LogP contribution is -2.08. The van der Waals surface area contributed by atoms with Crippen LogP contribution in [0, 0.1) is 0 Å². The molecule has 2 aromatic carbocycles. The van der Waals surface area contributed by atoms with Gasteiger partial charge in [-0.15, -0.1) is 0 Å². The van der Waals surface area contributed by atoms with E-state index in [1.54, 1.807) is 12.1 Å². The normalized spacial score (nSPS) is 13.2. The van der Waals surface area contributed by atoms with Crippen LogP contribution in [0.4, 0.5) is 0 Å². The van der Waals surface area contributed by atoms with Gasteiger partial charge >= 0.3 is 0 Å². The highest BCUT2D eigenvalue weighted by molar-refractivity contribution is 7.85. The summed E-state index contributed by atoms with van der Waals surface area (Å²) in [5, 5.41) is -1.01. The second kappa shape index (κ2) is 4.92. The molecule has 0 aliphatic rings. The molecule has 1 unspecified atom stereocenters. The highest BCUT2D eigenvalue weighted by atomic mass is 32.2. The van der Waals surface area contributed by atoms with Gasteiger partial charge in [-0.05, 0) is 23.6 Å². The quantitative estimate of drug-likeness (QED) is 0.798. The van der Waals surface area contributed by atoms with Crippen molar-refractivity contribution >= 4 is 10.1 Å². The van der Waals surface area contributed by atoms with Crippen molar-refractivity contribution in [1.82, 2.24) is 0 Å². The van der Waals surface area contributed by atoms with Gasteiger partial charge in [0.25, 0.3) is 0 Å². The van der Waals surface area contributed by atoms with Crippen molar-refractivity contribution in [3.8, 4) is 11.1 Å². The molecule has 18 heavy (non-hydrogen) atoms. The Hall–Kier alpha value is -1.65. The van der Waals surface area contributed by atoms with Crippen molar-refractivity contribution in [2.45, 2.75) is 12.2 Å². The molecule has 4 heteroatoms. The number of rotatable bonds is 3. The van der Waals surface area contributed by atoms with E-state index in [0.717, 1.165) is 11.1 Å². The number of benzene rings is 2. The average Bonchev–Trinajstić information content (AvgIpc) is 2.38. The molecule has 0 N–H and O–H groups in total. The predicted molar refractivity (Wildman–Crippen MR) is 70.0 cm³/mol. The van der Waals surface area contributed by atoms with E-state index in [1.807, 2.05) is 42.5 Å². The van der Waals surface area contributed by atoms with Crippen LogP contribution in [-0.4, -0.2) is 13.0 Å². The van der Waals surface area contributed by atoms with Crippen molar-refractivity contribution in [3.05, 3.63) is 60.2 Å². The smallest absolute Gasteiger partial charge is 0.101 e. The first-order valence-corrected chi connectivity index (χ1v) is 7.06. The summed E-state index contributed by atoms with van der Waals surface area (Å²) in [5.74, 6) is 0. The van der Waals surface area contributed by atoms with E-state index in [9.17, 15) is 13.0 Å². The van der Waals surface area contributed by atoms with E-state index >= 15 is 0 Å². The molecule has 0 aromatic heterocycles. The van der Waals surface area contributed by atoms with Gasteiger partial charge < -0.3 is 4.55 Å². The van der Waals surface area contributed by atoms with E-state index in [0.29, 0.717) is 5.56 Å². The summed E-state index contributed by atoms with van der Waals surface area (Å²) < 4.78 is 32.8. The van der Waals surface area contributed by atoms with Crippen LogP contribution in [0.5, 0.6) is 0 Å². The third kappa shape index (κ3) is 2.78. The van der Waals surface area contributed by atoms with Crippen LogP contribution in [0.3, 0.4) is 0 Å². The molecule has 2 rings (SSSR count). The van der Waals surface area contributed by atoms with Gasteiger partial charge in [0, 0.05) is 0 Å². The van der Waals surface area contributed by atoms with Gasteiger partial charge in [0.1, 0.15) is 10.1 Å². The van der Waals surface area contributed by atoms with Crippen LogP contribution in [0.1, 0.15) is 17.7 Å². The lowest BCUT2D eigenvalue weighted by Gasteiger charge is -2.16. The predicted octanol–water partition coefficient (Wildman–Crippen LogP) is 2.96. The Kier molecular flexibility index (Phi) is 3.50. The summed E-state index contributed by atoms with van der Waals surface area (Å²) in [6.07, 6.45) is 0. The summed E-state index contributed by atoms with van der Waals surface area (Å²) in [4.78, 5) is 0. The Bertz CT molecular complexity index is 616. The maximum Gasteiger partial charge on any atom is 0.101 e. The minimum Gasteiger partial charge on any atom is -0.747 e. The summed E-state index contributed by atoms with van der Waals surface area (Å²) in [5.41, 5.74) is 2.57. The van der Waals surface area contributed by atoms with E-state index in [1.165, 1.54) is 6.92 Å². The van der Waals surface area contributed by atoms with Gasteiger partial charge in [-0.2, -0.15) is 0 Å². The van der Waals surface area contributed by atoms with Gasteiger partial charge in [0.15, 0.2) is 0 Å². The van der Waals surface area contributed by atoms with Crippen LogP contribution in [0.25, 0.3) is 11.1 Å².